The second kappa shape index (κ2) is 6.33. The van der Waals surface area contributed by atoms with Crippen LogP contribution in [0.25, 0.3) is 0 Å². The lowest BCUT2D eigenvalue weighted by molar-refractivity contribution is 0.0381. The van der Waals surface area contributed by atoms with E-state index in [1.807, 2.05) is 0 Å². The first-order valence-corrected chi connectivity index (χ1v) is 8.85. The van der Waals surface area contributed by atoms with Crippen molar-refractivity contribution in [2.24, 2.45) is 17.8 Å². The Morgan fingerprint density at radius 1 is 1.10 bits per heavy atom. The molecule has 2 saturated carbocycles. The summed E-state index contributed by atoms with van der Waals surface area (Å²) in [4.78, 5) is 2.66. The predicted molar refractivity (Wildman–Crippen MR) is 82.7 cm³/mol. The summed E-state index contributed by atoms with van der Waals surface area (Å²) in [6.07, 6.45) is 9.80. The van der Waals surface area contributed by atoms with Gasteiger partial charge >= 0.3 is 0 Å². The Labute approximate surface area is 124 Å². The molecule has 3 fully saturated rings. The van der Waals surface area contributed by atoms with E-state index in [2.05, 4.69) is 17.1 Å². The number of nitrogens with one attached hydrogen (secondary N) is 1. The number of hydrogen-bond acceptors (Lipinski definition) is 3. The van der Waals surface area contributed by atoms with Crippen LogP contribution in [0.2, 0.25) is 0 Å². The van der Waals surface area contributed by atoms with Crippen molar-refractivity contribution in [3.8, 4) is 0 Å². The first kappa shape index (κ1) is 14.8. The highest BCUT2D eigenvalue weighted by atomic mass is 16.3. The van der Waals surface area contributed by atoms with Crippen LogP contribution in [0.3, 0.4) is 0 Å². The van der Waals surface area contributed by atoms with Crippen LogP contribution >= 0.6 is 0 Å². The number of piperidine rings is 1. The van der Waals surface area contributed by atoms with Gasteiger partial charge in [0.15, 0.2) is 0 Å². The largest absolute Gasteiger partial charge is 0.394 e. The van der Waals surface area contributed by atoms with Crippen molar-refractivity contribution in [1.29, 1.82) is 0 Å². The van der Waals surface area contributed by atoms with Crippen LogP contribution in [0.5, 0.6) is 0 Å². The van der Waals surface area contributed by atoms with Gasteiger partial charge in [0.05, 0.1) is 12.1 Å². The van der Waals surface area contributed by atoms with Crippen LogP contribution in [-0.4, -0.2) is 48.3 Å². The molecule has 0 aromatic rings. The molecule has 0 amide bonds. The summed E-state index contributed by atoms with van der Waals surface area (Å²) >= 11 is 0. The van der Waals surface area contributed by atoms with Gasteiger partial charge in [-0.05, 0) is 56.5 Å². The third-order valence-corrected chi connectivity index (χ3v) is 6.05. The van der Waals surface area contributed by atoms with Gasteiger partial charge in [-0.1, -0.05) is 26.2 Å². The SMILES string of the molecule is CCNC(CO)(CN1CCC2CCCCC2C1)C1CC1. The summed E-state index contributed by atoms with van der Waals surface area (Å²) in [7, 11) is 0. The van der Waals surface area contributed by atoms with E-state index in [9.17, 15) is 5.11 Å². The second-order valence-corrected chi connectivity index (χ2v) is 7.45. The van der Waals surface area contributed by atoms with E-state index in [1.165, 1.54) is 58.0 Å². The van der Waals surface area contributed by atoms with Crippen LogP contribution in [0, 0.1) is 17.8 Å². The summed E-state index contributed by atoms with van der Waals surface area (Å²) in [5, 5.41) is 13.6. The van der Waals surface area contributed by atoms with Crippen molar-refractivity contribution in [3.05, 3.63) is 0 Å². The van der Waals surface area contributed by atoms with Gasteiger partial charge in [-0.3, -0.25) is 0 Å². The lowest BCUT2D eigenvalue weighted by atomic mass is 9.75. The van der Waals surface area contributed by atoms with Crippen molar-refractivity contribution in [2.75, 3.05) is 32.8 Å². The summed E-state index contributed by atoms with van der Waals surface area (Å²) in [6.45, 7) is 7.03. The van der Waals surface area contributed by atoms with Crippen LogP contribution in [0.15, 0.2) is 0 Å². The molecule has 3 nitrogen and oxygen atoms in total. The fourth-order valence-corrected chi connectivity index (χ4v) is 4.77. The summed E-state index contributed by atoms with van der Waals surface area (Å²) in [5.74, 6) is 2.65. The van der Waals surface area contributed by atoms with Gasteiger partial charge in [0.25, 0.3) is 0 Å². The lowest BCUT2D eigenvalue weighted by Gasteiger charge is -2.45. The second-order valence-electron chi connectivity index (χ2n) is 7.45. The van der Waals surface area contributed by atoms with Crippen molar-refractivity contribution in [1.82, 2.24) is 10.2 Å². The van der Waals surface area contributed by atoms with Crippen LogP contribution in [-0.2, 0) is 0 Å². The number of rotatable bonds is 6. The summed E-state index contributed by atoms with van der Waals surface area (Å²) in [5.41, 5.74) is -0.0176. The van der Waals surface area contributed by atoms with E-state index < -0.39 is 0 Å². The molecule has 1 saturated heterocycles. The Morgan fingerprint density at radius 3 is 2.50 bits per heavy atom. The minimum atomic E-state index is -0.0176. The first-order valence-electron chi connectivity index (χ1n) is 8.85. The maximum absolute atomic E-state index is 9.99. The molecule has 116 valence electrons. The third kappa shape index (κ3) is 3.05. The topological polar surface area (TPSA) is 35.5 Å². The number of likely N-dealkylation sites (tertiary alicyclic amines) is 1. The van der Waals surface area contributed by atoms with E-state index in [0.29, 0.717) is 12.5 Å². The molecule has 3 unspecified atom stereocenters. The predicted octanol–water partition coefficient (Wildman–Crippen LogP) is 2.25. The lowest BCUT2D eigenvalue weighted by Crippen LogP contribution is -2.59. The number of aliphatic hydroxyl groups is 1. The minimum Gasteiger partial charge on any atom is -0.394 e. The number of aliphatic hydroxyl groups excluding tert-OH is 1. The number of likely N-dealkylation sites (N-methyl/N-ethyl adjacent to an activating group) is 1. The van der Waals surface area contributed by atoms with Crippen molar-refractivity contribution >= 4 is 0 Å². The van der Waals surface area contributed by atoms with Gasteiger partial charge in [0, 0.05) is 13.1 Å². The van der Waals surface area contributed by atoms with Crippen molar-refractivity contribution in [2.45, 2.75) is 57.4 Å². The van der Waals surface area contributed by atoms with Gasteiger partial charge in [-0.15, -0.1) is 0 Å². The Kier molecular flexibility index (Phi) is 4.68. The van der Waals surface area contributed by atoms with Crippen LogP contribution in [0.4, 0.5) is 0 Å². The molecule has 0 radical (unpaired) electrons. The Bertz CT molecular complexity index is 318. The molecule has 1 heterocycles. The highest BCUT2D eigenvalue weighted by Gasteiger charge is 2.46. The Hall–Kier alpha value is -0.120. The fraction of sp³-hybridized carbons (Fsp3) is 1.00. The molecule has 0 aromatic carbocycles. The molecule has 0 aromatic heterocycles. The van der Waals surface area contributed by atoms with Crippen molar-refractivity contribution in [3.63, 3.8) is 0 Å². The normalized spacial score (nSPS) is 34.5. The molecule has 2 N–H and O–H groups in total. The smallest absolute Gasteiger partial charge is 0.0628 e. The van der Waals surface area contributed by atoms with Gasteiger partial charge in [0.1, 0.15) is 0 Å². The third-order valence-electron chi connectivity index (χ3n) is 6.05. The van der Waals surface area contributed by atoms with E-state index >= 15 is 0 Å². The molecule has 0 bridgehead atoms. The zero-order valence-corrected chi connectivity index (χ0v) is 13.1. The maximum Gasteiger partial charge on any atom is 0.0628 e. The number of nitrogens with zero attached hydrogens (tertiary/aromatic N) is 1. The van der Waals surface area contributed by atoms with Crippen LogP contribution < -0.4 is 5.32 Å². The summed E-state index contributed by atoms with van der Waals surface area (Å²) in [6, 6.07) is 0. The molecule has 3 heteroatoms. The van der Waals surface area contributed by atoms with Gasteiger partial charge < -0.3 is 15.3 Å². The molecule has 2 aliphatic carbocycles. The van der Waals surface area contributed by atoms with E-state index in [0.717, 1.165) is 24.9 Å². The summed E-state index contributed by atoms with van der Waals surface area (Å²) < 4.78 is 0. The zero-order valence-electron chi connectivity index (χ0n) is 13.1. The quantitative estimate of drug-likeness (QED) is 0.783. The standard InChI is InChI=1S/C17H32N2O/c1-2-18-17(13-20,16-7-8-16)12-19-10-9-14-5-3-4-6-15(14)11-19/h14-16,18,20H,2-13H2,1H3. The first-order chi connectivity index (χ1) is 9.77. The van der Waals surface area contributed by atoms with Crippen molar-refractivity contribution < 1.29 is 5.11 Å². The monoisotopic (exact) mass is 280 g/mol. The molecule has 20 heavy (non-hydrogen) atoms. The minimum absolute atomic E-state index is 0.0176. The van der Waals surface area contributed by atoms with Gasteiger partial charge in [-0.25, -0.2) is 0 Å². The van der Waals surface area contributed by atoms with E-state index in [4.69, 9.17) is 0 Å². The molecular formula is C17H32N2O. The Balaban J connectivity index is 1.60. The number of fused-ring (bicyclic) bond motifs is 1. The molecule has 1 aliphatic heterocycles. The number of hydrogen-bond donors (Lipinski definition) is 2. The maximum atomic E-state index is 9.99. The highest BCUT2D eigenvalue weighted by Crippen LogP contribution is 2.42. The fourth-order valence-electron chi connectivity index (χ4n) is 4.77. The van der Waals surface area contributed by atoms with Crippen LogP contribution in [0.1, 0.15) is 51.9 Å². The van der Waals surface area contributed by atoms with Gasteiger partial charge in [0.2, 0.25) is 0 Å². The average Bonchev–Trinajstić information content (AvgIpc) is 3.31. The molecular weight excluding hydrogens is 248 g/mol. The van der Waals surface area contributed by atoms with E-state index in [-0.39, 0.29) is 5.54 Å². The Morgan fingerprint density at radius 2 is 1.85 bits per heavy atom. The van der Waals surface area contributed by atoms with Gasteiger partial charge in [-0.2, -0.15) is 0 Å². The highest BCUT2D eigenvalue weighted by molar-refractivity contribution is 5.03. The average molecular weight is 280 g/mol. The van der Waals surface area contributed by atoms with E-state index in [1.54, 1.807) is 0 Å². The molecule has 3 atom stereocenters. The molecule has 3 rings (SSSR count). The molecule has 0 spiro atoms. The molecule has 3 aliphatic rings. The zero-order chi connectivity index (χ0) is 14.0.